The first kappa shape index (κ1) is 15.1. The summed E-state index contributed by atoms with van der Waals surface area (Å²) in [5.41, 5.74) is 0.732. The molecule has 2 aromatic rings. The number of carbonyl (C=O) groups excluding carboxylic acids is 2. The molecule has 7 heteroatoms. The quantitative estimate of drug-likeness (QED) is 0.632. The second kappa shape index (κ2) is 5.87. The summed E-state index contributed by atoms with van der Waals surface area (Å²) >= 11 is 5.86. The molecule has 2 amide bonds. The molecule has 1 saturated heterocycles. The lowest BCUT2D eigenvalue weighted by Gasteiger charge is -2.14. The Morgan fingerprint density at radius 2 is 1.67 bits per heavy atom. The fourth-order valence-electron chi connectivity index (χ4n) is 3.19. The van der Waals surface area contributed by atoms with Gasteiger partial charge in [0.1, 0.15) is 6.54 Å². The highest BCUT2D eigenvalue weighted by molar-refractivity contribution is 6.30. The third kappa shape index (κ3) is 2.53. The predicted octanol–water partition coefficient (Wildman–Crippen LogP) is 2.84. The van der Waals surface area contributed by atoms with Crippen molar-refractivity contribution in [3.63, 3.8) is 0 Å². The molecule has 122 valence electrons. The van der Waals surface area contributed by atoms with Crippen LogP contribution in [-0.2, 0) is 16.1 Å². The fourth-order valence-corrected chi connectivity index (χ4v) is 3.31. The third-order valence-electron chi connectivity index (χ3n) is 4.45. The van der Waals surface area contributed by atoms with E-state index in [9.17, 15) is 9.59 Å². The van der Waals surface area contributed by atoms with Gasteiger partial charge in [0.25, 0.3) is 0 Å². The van der Waals surface area contributed by atoms with E-state index in [0.29, 0.717) is 23.8 Å². The smallest absolute Gasteiger partial charge is 0.247 e. The van der Waals surface area contributed by atoms with Crippen molar-refractivity contribution in [1.82, 2.24) is 15.1 Å². The summed E-state index contributed by atoms with van der Waals surface area (Å²) in [5, 5.41) is 8.54. The van der Waals surface area contributed by atoms with Gasteiger partial charge in [-0.15, -0.1) is 10.2 Å². The summed E-state index contributed by atoms with van der Waals surface area (Å²) in [4.78, 5) is 26.1. The molecule has 24 heavy (non-hydrogen) atoms. The molecule has 1 fully saturated rings. The molecular weight excluding hydrogens is 330 g/mol. The summed E-state index contributed by atoms with van der Waals surface area (Å²) in [5.74, 6) is -0.225. The van der Waals surface area contributed by atoms with Crippen LogP contribution in [0.3, 0.4) is 0 Å². The fraction of sp³-hybridized carbons (Fsp3) is 0.294. The van der Waals surface area contributed by atoms with Crippen LogP contribution in [0.2, 0.25) is 5.02 Å². The molecule has 0 radical (unpaired) electrons. The van der Waals surface area contributed by atoms with Crippen molar-refractivity contribution in [2.45, 2.75) is 19.4 Å². The zero-order valence-corrected chi connectivity index (χ0v) is 13.4. The maximum atomic E-state index is 12.4. The average molecular weight is 344 g/mol. The number of fused-ring (bicyclic) bond motifs is 1. The van der Waals surface area contributed by atoms with E-state index >= 15 is 0 Å². The number of carbonyl (C=O) groups is 2. The monoisotopic (exact) mass is 343 g/mol. The van der Waals surface area contributed by atoms with Crippen molar-refractivity contribution in [3.05, 3.63) is 47.3 Å². The average Bonchev–Trinajstić information content (AvgIpc) is 3.16. The lowest BCUT2D eigenvalue weighted by atomic mass is 9.85. The Kier molecular flexibility index (Phi) is 3.69. The topological polar surface area (TPSA) is 76.3 Å². The zero-order valence-electron chi connectivity index (χ0n) is 12.7. The Hall–Kier alpha value is -2.47. The number of amides is 2. The van der Waals surface area contributed by atoms with Crippen LogP contribution in [-0.4, -0.2) is 26.9 Å². The molecule has 0 bridgehead atoms. The molecule has 2 atom stereocenters. The maximum absolute atomic E-state index is 12.4. The molecule has 2 heterocycles. The van der Waals surface area contributed by atoms with Gasteiger partial charge in [0.15, 0.2) is 0 Å². The normalized spacial score (nSPS) is 23.0. The van der Waals surface area contributed by atoms with Gasteiger partial charge in [-0.25, -0.2) is 0 Å². The third-order valence-corrected chi connectivity index (χ3v) is 4.70. The first-order valence-corrected chi connectivity index (χ1v) is 8.10. The number of rotatable bonds is 3. The minimum absolute atomic E-state index is 0.0191. The zero-order chi connectivity index (χ0) is 16.7. The van der Waals surface area contributed by atoms with Crippen molar-refractivity contribution < 1.29 is 14.0 Å². The van der Waals surface area contributed by atoms with Gasteiger partial charge in [-0.2, -0.15) is 0 Å². The van der Waals surface area contributed by atoms with E-state index in [0.717, 1.165) is 5.56 Å². The first-order chi connectivity index (χ1) is 11.6. The van der Waals surface area contributed by atoms with E-state index in [4.69, 9.17) is 16.0 Å². The second-order valence-electron chi connectivity index (χ2n) is 5.93. The summed E-state index contributed by atoms with van der Waals surface area (Å²) < 4.78 is 5.59. The van der Waals surface area contributed by atoms with E-state index in [-0.39, 0.29) is 36.1 Å². The van der Waals surface area contributed by atoms with Gasteiger partial charge in [0.05, 0.1) is 11.8 Å². The Morgan fingerprint density at radius 1 is 1.04 bits per heavy atom. The molecule has 2 aliphatic rings. The van der Waals surface area contributed by atoms with Crippen LogP contribution >= 0.6 is 11.6 Å². The number of aromatic nitrogens is 2. The van der Waals surface area contributed by atoms with E-state index in [1.807, 2.05) is 12.2 Å². The first-order valence-electron chi connectivity index (χ1n) is 7.72. The van der Waals surface area contributed by atoms with Crippen LogP contribution in [0.15, 0.2) is 40.8 Å². The number of likely N-dealkylation sites (tertiary alicyclic amines) is 1. The van der Waals surface area contributed by atoms with Gasteiger partial charge < -0.3 is 4.42 Å². The Morgan fingerprint density at radius 3 is 2.29 bits per heavy atom. The minimum atomic E-state index is -0.249. The number of benzene rings is 1. The predicted molar refractivity (Wildman–Crippen MR) is 85.7 cm³/mol. The molecule has 4 rings (SSSR count). The lowest BCUT2D eigenvalue weighted by molar-refractivity contribution is -0.140. The van der Waals surface area contributed by atoms with Crippen molar-refractivity contribution in [3.8, 4) is 11.5 Å². The molecule has 0 N–H and O–H groups in total. The number of hydrogen-bond acceptors (Lipinski definition) is 5. The maximum Gasteiger partial charge on any atom is 0.247 e. The number of hydrogen-bond donors (Lipinski definition) is 0. The van der Waals surface area contributed by atoms with E-state index in [2.05, 4.69) is 10.2 Å². The molecule has 1 aromatic heterocycles. The van der Waals surface area contributed by atoms with Crippen LogP contribution in [0.5, 0.6) is 0 Å². The Labute approximate surface area is 143 Å². The van der Waals surface area contributed by atoms with Gasteiger partial charge in [-0.3, -0.25) is 14.5 Å². The van der Waals surface area contributed by atoms with Gasteiger partial charge in [0.2, 0.25) is 23.6 Å². The molecule has 1 aliphatic heterocycles. The summed E-state index contributed by atoms with van der Waals surface area (Å²) in [6, 6.07) is 7.00. The van der Waals surface area contributed by atoms with Crippen LogP contribution in [0, 0.1) is 11.8 Å². The number of allylic oxidation sites excluding steroid dienone is 2. The highest BCUT2D eigenvalue weighted by Gasteiger charge is 2.47. The minimum Gasteiger partial charge on any atom is -0.419 e. The largest absolute Gasteiger partial charge is 0.419 e. The Balaban J connectivity index is 1.53. The Bertz CT molecular complexity index is 802. The molecule has 1 aromatic carbocycles. The summed E-state index contributed by atoms with van der Waals surface area (Å²) in [7, 11) is 0. The number of nitrogens with zero attached hydrogens (tertiary/aromatic N) is 3. The molecular formula is C17H14ClN3O3. The van der Waals surface area contributed by atoms with Crippen molar-refractivity contribution in [2.75, 3.05) is 0 Å². The van der Waals surface area contributed by atoms with Gasteiger partial charge >= 0.3 is 0 Å². The lowest BCUT2D eigenvalue weighted by Crippen LogP contribution is -2.30. The van der Waals surface area contributed by atoms with Crippen LogP contribution in [0.1, 0.15) is 18.7 Å². The van der Waals surface area contributed by atoms with E-state index in [1.54, 1.807) is 24.3 Å². The van der Waals surface area contributed by atoms with Gasteiger partial charge in [-0.05, 0) is 37.1 Å². The summed E-state index contributed by atoms with van der Waals surface area (Å²) in [6.45, 7) is 0.0191. The number of halogens is 1. The standard InChI is InChI=1S/C17H14ClN3O3/c18-11-7-5-10(6-8-11)15-20-19-14(24-15)9-21-16(22)12-3-1-2-4-13(12)17(21)23/h1-2,5-8,12-13H,3-4,9H2/t12-,13+. The second-order valence-corrected chi connectivity index (χ2v) is 6.36. The highest BCUT2D eigenvalue weighted by Crippen LogP contribution is 2.35. The van der Waals surface area contributed by atoms with Crippen LogP contribution in [0.4, 0.5) is 0 Å². The van der Waals surface area contributed by atoms with E-state index < -0.39 is 0 Å². The van der Waals surface area contributed by atoms with Crippen molar-refractivity contribution in [1.29, 1.82) is 0 Å². The van der Waals surface area contributed by atoms with Crippen molar-refractivity contribution in [2.24, 2.45) is 11.8 Å². The van der Waals surface area contributed by atoms with Gasteiger partial charge in [0, 0.05) is 10.6 Å². The molecule has 0 unspecified atom stereocenters. The van der Waals surface area contributed by atoms with Crippen LogP contribution in [0.25, 0.3) is 11.5 Å². The van der Waals surface area contributed by atoms with Crippen LogP contribution < -0.4 is 0 Å². The van der Waals surface area contributed by atoms with Crippen molar-refractivity contribution >= 4 is 23.4 Å². The highest BCUT2D eigenvalue weighted by atomic mass is 35.5. The summed E-state index contributed by atoms with van der Waals surface area (Å²) in [6.07, 6.45) is 5.15. The van der Waals surface area contributed by atoms with Gasteiger partial charge in [-0.1, -0.05) is 23.8 Å². The van der Waals surface area contributed by atoms with E-state index in [1.165, 1.54) is 4.90 Å². The molecule has 6 nitrogen and oxygen atoms in total. The molecule has 0 saturated carbocycles. The SMILES string of the molecule is O=C1[C@H]2CC=CC[C@H]2C(=O)N1Cc1nnc(-c2ccc(Cl)cc2)o1. The number of imide groups is 1. The molecule has 0 spiro atoms. The molecule has 1 aliphatic carbocycles.